The van der Waals surface area contributed by atoms with Crippen molar-refractivity contribution in [1.29, 1.82) is 0 Å². The van der Waals surface area contributed by atoms with E-state index in [1.807, 2.05) is 18.2 Å². The number of guanidine groups is 1. The number of rotatable bonds is 8. The molecular weight excluding hydrogens is 443 g/mol. The maximum absolute atomic E-state index is 6.06. The molecule has 0 amide bonds. The number of nitrogens with one attached hydrogen (secondary N) is 1. The van der Waals surface area contributed by atoms with Crippen LogP contribution in [0.2, 0.25) is 0 Å². The van der Waals surface area contributed by atoms with Crippen LogP contribution in [-0.2, 0) is 6.54 Å². The van der Waals surface area contributed by atoms with E-state index in [9.17, 15) is 0 Å². The van der Waals surface area contributed by atoms with Gasteiger partial charge in [-0.25, -0.2) is 4.99 Å². The molecule has 6 nitrogen and oxygen atoms in total. The highest BCUT2D eigenvalue weighted by Crippen LogP contribution is 2.27. The summed E-state index contributed by atoms with van der Waals surface area (Å²) in [5.74, 6) is 2.49. The predicted molar refractivity (Wildman–Crippen MR) is 118 cm³/mol. The molecule has 26 heavy (non-hydrogen) atoms. The number of ether oxygens (including phenoxy) is 2. The molecule has 0 aromatic heterocycles. The Morgan fingerprint density at radius 2 is 1.85 bits per heavy atom. The summed E-state index contributed by atoms with van der Waals surface area (Å²) in [6.45, 7) is 8.25. The summed E-state index contributed by atoms with van der Waals surface area (Å²) in [5, 5.41) is 3.29. The molecule has 1 heterocycles. The first-order valence-corrected chi connectivity index (χ1v) is 9.04. The van der Waals surface area contributed by atoms with Crippen LogP contribution in [0.15, 0.2) is 23.2 Å². The van der Waals surface area contributed by atoms with Crippen LogP contribution in [0.25, 0.3) is 0 Å². The number of methoxy groups -OCH3 is 2. The first-order valence-electron chi connectivity index (χ1n) is 9.04. The molecule has 1 aliphatic heterocycles. The van der Waals surface area contributed by atoms with E-state index in [4.69, 9.17) is 15.2 Å². The molecule has 2 rings (SSSR count). The number of nitrogens with two attached hydrogens (primary N) is 1. The minimum Gasteiger partial charge on any atom is -0.493 e. The largest absolute Gasteiger partial charge is 0.493 e. The molecule has 3 N–H and O–H groups in total. The normalized spacial score (nSPS) is 16.3. The van der Waals surface area contributed by atoms with Gasteiger partial charge in [0.15, 0.2) is 17.5 Å². The van der Waals surface area contributed by atoms with E-state index < -0.39 is 0 Å². The third-order valence-electron chi connectivity index (χ3n) is 4.75. The molecule has 0 bridgehead atoms. The topological polar surface area (TPSA) is 72.1 Å². The first-order chi connectivity index (χ1) is 12.0. The maximum atomic E-state index is 6.06. The van der Waals surface area contributed by atoms with Gasteiger partial charge in [-0.05, 0) is 49.5 Å². The minimum absolute atomic E-state index is 0. The summed E-state index contributed by atoms with van der Waals surface area (Å²) in [6.07, 6.45) is 2.60. The highest BCUT2D eigenvalue weighted by Gasteiger charge is 2.24. The quantitative estimate of drug-likeness (QED) is 0.343. The van der Waals surface area contributed by atoms with Crippen LogP contribution in [-0.4, -0.2) is 50.8 Å². The van der Waals surface area contributed by atoms with Gasteiger partial charge in [0.25, 0.3) is 0 Å². The van der Waals surface area contributed by atoms with Gasteiger partial charge < -0.3 is 20.5 Å². The lowest BCUT2D eigenvalue weighted by Gasteiger charge is -2.31. The molecule has 148 valence electrons. The molecule has 1 aromatic carbocycles. The van der Waals surface area contributed by atoms with Crippen LogP contribution < -0.4 is 20.5 Å². The average molecular weight is 476 g/mol. The van der Waals surface area contributed by atoms with E-state index in [0.29, 0.717) is 36.0 Å². The molecular formula is C19H33IN4O2. The molecule has 7 heteroatoms. The van der Waals surface area contributed by atoms with Gasteiger partial charge in [0.2, 0.25) is 0 Å². The number of likely N-dealkylation sites (tertiary alicyclic amines) is 1. The Morgan fingerprint density at radius 1 is 1.19 bits per heavy atom. The fourth-order valence-electron chi connectivity index (χ4n) is 3.28. The van der Waals surface area contributed by atoms with Crippen molar-refractivity contribution in [3.05, 3.63) is 23.8 Å². The summed E-state index contributed by atoms with van der Waals surface area (Å²) in [4.78, 5) is 7.01. The molecule has 1 saturated heterocycles. The van der Waals surface area contributed by atoms with Crippen LogP contribution in [0, 0.1) is 5.92 Å². The highest BCUT2D eigenvalue weighted by atomic mass is 127. The van der Waals surface area contributed by atoms with Crippen molar-refractivity contribution in [2.45, 2.75) is 39.3 Å². The number of nitrogens with zero attached hydrogens (tertiary/aromatic N) is 2. The average Bonchev–Trinajstić information content (AvgIpc) is 3.13. The van der Waals surface area contributed by atoms with E-state index in [1.165, 1.54) is 25.9 Å². The monoisotopic (exact) mass is 476 g/mol. The zero-order valence-electron chi connectivity index (χ0n) is 16.3. The van der Waals surface area contributed by atoms with E-state index in [2.05, 4.69) is 29.1 Å². The van der Waals surface area contributed by atoms with Gasteiger partial charge in [-0.1, -0.05) is 19.9 Å². The fourth-order valence-corrected chi connectivity index (χ4v) is 3.28. The van der Waals surface area contributed by atoms with Crippen LogP contribution >= 0.6 is 24.0 Å². The van der Waals surface area contributed by atoms with Crippen molar-refractivity contribution < 1.29 is 9.47 Å². The van der Waals surface area contributed by atoms with Crippen LogP contribution in [0.4, 0.5) is 0 Å². The second-order valence-corrected chi connectivity index (χ2v) is 6.83. The Kier molecular flexibility index (Phi) is 10.1. The Bertz CT molecular complexity index is 575. The summed E-state index contributed by atoms with van der Waals surface area (Å²) in [5.41, 5.74) is 7.09. The number of hydrogen-bond donors (Lipinski definition) is 2. The van der Waals surface area contributed by atoms with Gasteiger partial charge in [-0.15, -0.1) is 24.0 Å². The van der Waals surface area contributed by atoms with Gasteiger partial charge in [-0.3, -0.25) is 4.90 Å². The molecule has 1 atom stereocenters. The number of hydrogen-bond acceptors (Lipinski definition) is 4. The Labute approximate surface area is 174 Å². The SMILES string of the molecule is COc1ccc(CN=C(N)NCC(C(C)C)N2CCCC2)cc1OC.I. The zero-order valence-corrected chi connectivity index (χ0v) is 18.7. The van der Waals surface area contributed by atoms with Crippen LogP contribution in [0.3, 0.4) is 0 Å². The summed E-state index contributed by atoms with van der Waals surface area (Å²) < 4.78 is 10.6. The van der Waals surface area contributed by atoms with E-state index in [1.54, 1.807) is 14.2 Å². The van der Waals surface area contributed by atoms with Crippen LogP contribution in [0.5, 0.6) is 11.5 Å². The van der Waals surface area contributed by atoms with E-state index in [0.717, 1.165) is 12.1 Å². The molecule has 1 aliphatic rings. The summed E-state index contributed by atoms with van der Waals surface area (Å²) in [7, 11) is 3.26. The Hall–Kier alpha value is -1.22. The second kappa shape index (κ2) is 11.5. The lowest BCUT2D eigenvalue weighted by Crippen LogP contribution is -2.47. The lowest BCUT2D eigenvalue weighted by molar-refractivity contribution is 0.192. The molecule has 1 unspecified atom stereocenters. The second-order valence-electron chi connectivity index (χ2n) is 6.83. The van der Waals surface area contributed by atoms with Crippen molar-refractivity contribution in [3.8, 4) is 11.5 Å². The van der Waals surface area contributed by atoms with Gasteiger partial charge in [0.1, 0.15) is 0 Å². The van der Waals surface area contributed by atoms with Gasteiger partial charge in [-0.2, -0.15) is 0 Å². The molecule has 1 fully saturated rings. The zero-order chi connectivity index (χ0) is 18.2. The molecule has 0 aliphatic carbocycles. The van der Waals surface area contributed by atoms with Crippen molar-refractivity contribution in [2.24, 2.45) is 16.6 Å². The van der Waals surface area contributed by atoms with Crippen molar-refractivity contribution in [1.82, 2.24) is 10.2 Å². The molecule has 1 aromatic rings. The minimum atomic E-state index is 0. The molecule has 0 radical (unpaired) electrons. The van der Waals surface area contributed by atoms with Gasteiger partial charge >= 0.3 is 0 Å². The first kappa shape index (κ1) is 22.8. The van der Waals surface area contributed by atoms with Crippen molar-refractivity contribution in [2.75, 3.05) is 33.9 Å². The molecule has 0 saturated carbocycles. The van der Waals surface area contributed by atoms with Crippen molar-refractivity contribution >= 4 is 29.9 Å². The number of aliphatic imine (C=N–C) groups is 1. The fraction of sp³-hybridized carbons (Fsp3) is 0.632. The maximum Gasteiger partial charge on any atom is 0.188 e. The lowest BCUT2D eigenvalue weighted by atomic mass is 10.0. The number of halogens is 1. The summed E-state index contributed by atoms with van der Waals surface area (Å²) >= 11 is 0. The highest BCUT2D eigenvalue weighted by molar-refractivity contribution is 14.0. The van der Waals surface area contributed by atoms with Gasteiger partial charge in [0, 0.05) is 12.6 Å². The smallest absolute Gasteiger partial charge is 0.188 e. The molecule has 0 spiro atoms. The van der Waals surface area contributed by atoms with E-state index in [-0.39, 0.29) is 24.0 Å². The summed E-state index contributed by atoms with van der Waals surface area (Å²) in [6, 6.07) is 6.28. The third-order valence-corrected chi connectivity index (χ3v) is 4.75. The van der Waals surface area contributed by atoms with Crippen molar-refractivity contribution in [3.63, 3.8) is 0 Å². The number of benzene rings is 1. The van der Waals surface area contributed by atoms with E-state index >= 15 is 0 Å². The Morgan fingerprint density at radius 3 is 2.42 bits per heavy atom. The predicted octanol–water partition coefficient (Wildman–Crippen LogP) is 2.85. The Balaban J connectivity index is 0.00000338. The standard InChI is InChI=1S/C19H32N4O2.HI/c1-14(2)16(23-9-5-6-10-23)13-22-19(20)21-12-15-7-8-17(24-3)18(11-15)25-4;/h7-8,11,14,16H,5-6,9-10,12-13H2,1-4H3,(H3,20,21,22);1H. The third kappa shape index (κ3) is 6.50. The van der Waals surface area contributed by atoms with Gasteiger partial charge in [0.05, 0.1) is 20.8 Å². The van der Waals surface area contributed by atoms with Crippen LogP contribution in [0.1, 0.15) is 32.3 Å².